The highest BCUT2D eigenvalue weighted by Gasteiger charge is 2.31. The highest BCUT2D eigenvalue weighted by Crippen LogP contribution is 2.37. The van der Waals surface area contributed by atoms with Crippen LogP contribution in [0, 0.1) is 0 Å². The van der Waals surface area contributed by atoms with Gasteiger partial charge in [-0.1, -0.05) is 30.0 Å². The number of hydrogen-bond donors (Lipinski definition) is 1. The van der Waals surface area contributed by atoms with Crippen LogP contribution < -0.4 is 0 Å². The zero-order valence-electron chi connectivity index (χ0n) is 13.3. The number of aliphatic hydroxyl groups excluding tert-OH is 1. The molecule has 2 rings (SSSR count). The molecule has 0 aliphatic rings. The third-order valence-electron chi connectivity index (χ3n) is 3.24. The largest absolute Gasteiger partial charge is 0.416 e. The molecule has 24 heavy (non-hydrogen) atoms. The molecule has 0 aromatic heterocycles. The van der Waals surface area contributed by atoms with Crippen molar-refractivity contribution in [3.63, 3.8) is 0 Å². The Balaban J connectivity index is 0.00000288. The molecule has 7 heteroatoms. The van der Waals surface area contributed by atoms with E-state index in [0.29, 0.717) is 4.90 Å². The zero-order chi connectivity index (χ0) is 17.0. The van der Waals surface area contributed by atoms with Gasteiger partial charge in [-0.2, -0.15) is 13.2 Å². The van der Waals surface area contributed by atoms with Crippen molar-refractivity contribution in [1.29, 1.82) is 0 Å². The van der Waals surface area contributed by atoms with Crippen LogP contribution in [0.15, 0.2) is 52.3 Å². The number of hydrogen-bond acceptors (Lipinski definition) is 3. The van der Waals surface area contributed by atoms with Gasteiger partial charge in [0.25, 0.3) is 0 Å². The Labute approximate surface area is 150 Å². The Morgan fingerprint density at radius 1 is 1.00 bits per heavy atom. The smallest absolute Gasteiger partial charge is 0.392 e. The minimum atomic E-state index is -4.41. The van der Waals surface area contributed by atoms with Crippen molar-refractivity contribution >= 4 is 24.2 Å². The molecule has 0 saturated carbocycles. The number of halogens is 4. The van der Waals surface area contributed by atoms with Crippen molar-refractivity contribution in [2.24, 2.45) is 0 Å². The second-order valence-corrected chi connectivity index (χ2v) is 6.51. The van der Waals surface area contributed by atoms with E-state index in [2.05, 4.69) is 0 Å². The van der Waals surface area contributed by atoms with E-state index in [4.69, 9.17) is 0 Å². The van der Waals surface area contributed by atoms with Crippen LogP contribution in [0.3, 0.4) is 0 Å². The zero-order valence-corrected chi connectivity index (χ0v) is 14.9. The van der Waals surface area contributed by atoms with E-state index in [-0.39, 0.29) is 18.0 Å². The molecule has 0 spiro atoms. The highest BCUT2D eigenvalue weighted by atomic mass is 35.5. The van der Waals surface area contributed by atoms with Gasteiger partial charge in [0.15, 0.2) is 0 Å². The van der Waals surface area contributed by atoms with Crippen LogP contribution in [0.5, 0.6) is 0 Å². The van der Waals surface area contributed by atoms with Gasteiger partial charge in [0.1, 0.15) is 0 Å². The van der Waals surface area contributed by atoms with Crippen LogP contribution in [-0.2, 0) is 19.3 Å². The Hall–Kier alpha value is -1.21. The first-order valence-electron chi connectivity index (χ1n) is 7.02. The molecule has 0 amide bonds. The normalized spacial score (nSPS) is 11.5. The van der Waals surface area contributed by atoms with Crippen molar-refractivity contribution in [2.45, 2.75) is 29.1 Å². The standard InChI is InChI=1S/C17H18F3NOS.ClH/c1-21(2)10-12-5-3-4-6-15(12)23-16-8-7-14(17(18,19)20)9-13(16)11-22;/h3-9,22H,10-11H2,1-2H3;1H. The lowest BCUT2D eigenvalue weighted by atomic mass is 10.1. The van der Waals surface area contributed by atoms with Crippen LogP contribution in [-0.4, -0.2) is 24.1 Å². The first-order valence-corrected chi connectivity index (χ1v) is 7.84. The van der Waals surface area contributed by atoms with Gasteiger partial charge in [-0.3, -0.25) is 0 Å². The molecule has 0 heterocycles. The molecule has 2 nitrogen and oxygen atoms in total. The van der Waals surface area contributed by atoms with Crippen molar-refractivity contribution < 1.29 is 18.3 Å². The first-order chi connectivity index (χ1) is 10.8. The fourth-order valence-corrected chi connectivity index (χ4v) is 3.21. The molecular formula is C17H19ClF3NOS. The Morgan fingerprint density at radius 3 is 2.21 bits per heavy atom. The molecule has 1 N–H and O–H groups in total. The number of alkyl halides is 3. The summed E-state index contributed by atoms with van der Waals surface area (Å²) in [6, 6.07) is 11.2. The summed E-state index contributed by atoms with van der Waals surface area (Å²) < 4.78 is 38.3. The second kappa shape index (κ2) is 8.76. The van der Waals surface area contributed by atoms with Gasteiger partial charge in [0, 0.05) is 16.3 Å². The van der Waals surface area contributed by atoms with Crippen LogP contribution >= 0.6 is 24.2 Å². The summed E-state index contributed by atoms with van der Waals surface area (Å²) >= 11 is 1.37. The SMILES string of the molecule is CN(C)Cc1ccccc1Sc1ccc(C(F)(F)F)cc1CO.Cl. The third-order valence-corrected chi connectivity index (χ3v) is 4.47. The van der Waals surface area contributed by atoms with Gasteiger partial charge in [-0.25, -0.2) is 0 Å². The van der Waals surface area contributed by atoms with Crippen molar-refractivity contribution in [1.82, 2.24) is 4.90 Å². The first kappa shape index (κ1) is 20.8. The topological polar surface area (TPSA) is 23.5 Å². The molecule has 0 saturated heterocycles. The van der Waals surface area contributed by atoms with E-state index in [1.54, 1.807) is 0 Å². The minimum Gasteiger partial charge on any atom is -0.392 e. The lowest BCUT2D eigenvalue weighted by Gasteiger charge is -2.16. The average molecular weight is 378 g/mol. The fourth-order valence-electron chi connectivity index (χ4n) is 2.17. The van der Waals surface area contributed by atoms with E-state index < -0.39 is 18.3 Å². The molecule has 0 atom stereocenters. The van der Waals surface area contributed by atoms with Crippen molar-refractivity contribution in [3.8, 4) is 0 Å². The van der Waals surface area contributed by atoms with Gasteiger partial charge in [-0.05, 0) is 49.5 Å². The fraction of sp³-hybridized carbons (Fsp3) is 0.294. The Kier molecular flexibility index (Phi) is 7.60. The molecule has 0 fully saturated rings. The summed E-state index contributed by atoms with van der Waals surface area (Å²) in [7, 11) is 3.91. The van der Waals surface area contributed by atoms with Gasteiger partial charge in [0.2, 0.25) is 0 Å². The maximum atomic E-state index is 12.8. The van der Waals surface area contributed by atoms with E-state index in [1.165, 1.54) is 17.8 Å². The van der Waals surface area contributed by atoms with Crippen LogP contribution in [0.1, 0.15) is 16.7 Å². The summed E-state index contributed by atoms with van der Waals surface area (Å²) in [5, 5.41) is 9.41. The minimum absolute atomic E-state index is 0. The maximum Gasteiger partial charge on any atom is 0.416 e. The molecule has 2 aromatic carbocycles. The number of nitrogens with zero attached hydrogens (tertiary/aromatic N) is 1. The predicted molar refractivity (Wildman–Crippen MR) is 92.6 cm³/mol. The van der Waals surface area contributed by atoms with Crippen LogP contribution in [0.25, 0.3) is 0 Å². The van der Waals surface area contributed by atoms with Gasteiger partial charge in [0.05, 0.1) is 12.2 Å². The molecule has 0 unspecified atom stereocenters. The maximum absolute atomic E-state index is 12.8. The Morgan fingerprint density at radius 2 is 1.62 bits per heavy atom. The van der Waals surface area contributed by atoms with Gasteiger partial charge >= 0.3 is 6.18 Å². The summed E-state index contributed by atoms with van der Waals surface area (Å²) in [5.41, 5.74) is 0.628. The summed E-state index contributed by atoms with van der Waals surface area (Å²) in [6.07, 6.45) is -4.41. The molecule has 2 aromatic rings. The van der Waals surface area contributed by atoms with Crippen LogP contribution in [0.2, 0.25) is 0 Å². The van der Waals surface area contributed by atoms with E-state index in [9.17, 15) is 18.3 Å². The molecule has 0 aliphatic heterocycles. The van der Waals surface area contributed by atoms with E-state index >= 15 is 0 Å². The predicted octanol–water partition coefficient (Wildman–Crippen LogP) is 4.83. The van der Waals surface area contributed by atoms with Crippen molar-refractivity contribution in [3.05, 3.63) is 59.2 Å². The van der Waals surface area contributed by atoms with E-state index in [1.807, 2.05) is 43.3 Å². The summed E-state index contributed by atoms with van der Waals surface area (Å²) in [4.78, 5) is 3.63. The molecular weight excluding hydrogens is 359 g/mol. The number of benzene rings is 2. The monoisotopic (exact) mass is 377 g/mol. The molecule has 0 radical (unpaired) electrons. The van der Waals surface area contributed by atoms with Crippen molar-refractivity contribution in [2.75, 3.05) is 14.1 Å². The second-order valence-electron chi connectivity index (χ2n) is 5.43. The van der Waals surface area contributed by atoms with Crippen LogP contribution in [0.4, 0.5) is 13.2 Å². The Bertz CT molecular complexity index is 677. The van der Waals surface area contributed by atoms with Gasteiger partial charge in [-0.15, -0.1) is 12.4 Å². The summed E-state index contributed by atoms with van der Waals surface area (Å²) in [5.74, 6) is 0. The van der Waals surface area contributed by atoms with E-state index in [0.717, 1.165) is 29.1 Å². The van der Waals surface area contributed by atoms with Gasteiger partial charge < -0.3 is 10.0 Å². The average Bonchev–Trinajstić information content (AvgIpc) is 2.48. The molecule has 0 bridgehead atoms. The molecule has 0 aliphatic carbocycles. The quantitative estimate of drug-likeness (QED) is 0.807. The third kappa shape index (κ3) is 5.41. The lowest BCUT2D eigenvalue weighted by Crippen LogP contribution is -2.11. The number of rotatable bonds is 5. The number of aliphatic hydroxyl groups is 1. The lowest BCUT2D eigenvalue weighted by molar-refractivity contribution is -0.137. The highest BCUT2D eigenvalue weighted by molar-refractivity contribution is 7.99. The summed E-state index contributed by atoms with van der Waals surface area (Å²) in [6.45, 7) is 0.306. The molecule has 132 valence electrons.